The second kappa shape index (κ2) is 6.12. The summed E-state index contributed by atoms with van der Waals surface area (Å²) in [6.45, 7) is 1.36. The summed E-state index contributed by atoms with van der Waals surface area (Å²) in [4.78, 5) is 0. The van der Waals surface area contributed by atoms with Gasteiger partial charge in [0.05, 0.1) is 11.5 Å². The van der Waals surface area contributed by atoms with E-state index in [1.54, 1.807) is 0 Å². The van der Waals surface area contributed by atoms with Crippen LogP contribution in [0.2, 0.25) is 0 Å². The summed E-state index contributed by atoms with van der Waals surface area (Å²) in [6.07, 6.45) is 3.99. The van der Waals surface area contributed by atoms with E-state index < -0.39 is 19.9 Å². The summed E-state index contributed by atoms with van der Waals surface area (Å²) >= 11 is 0. The molecule has 1 rings (SSSR count). The first-order chi connectivity index (χ1) is 7.79. The van der Waals surface area contributed by atoms with Crippen LogP contribution in [0.25, 0.3) is 0 Å². The molecule has 0 spiro atoms. The van der Waals surface area contributed by atoms with Crippen LogP contribution in [0.15, 0.2) is 0 Å². The van der Waals surface area contributed by atoms with Crippen molar-refractivity contribution in [2.75, 3.05) is 30.9 Å². The highest BCUT2D eigenvalue weighted by Gasteiger charge is 2.17. The van der Waals surface area contributed by atoms with Gasteiger partial charge in [-0.3, -0.25) is 0 Å². The first kappa shape index (κ1) is 14.9. The normalized spacial score (nSPS) is 21.8. The maximum atomic E-state index is 11.5. The van der Waals surface area contributed by atoms with E-state index in [2.05, 4.69) is 10.0 Å². The zero-order chi connectivity index (χ0) is 12.9. The molecule has 2 N–H and O–H groups in total. The van der Waals surface area contributed by atoms with Gasteiger partial charge in [0.2, 0.25) is 10.0 Å². The SMILES string of the molecule is CS(=O)(=O)CCS(=O)(=O)NCC[C@@H]1CCCN1. The van der Waals surface area contributed by atoms with Gasteiger partial charge in [-0.1, -0.05) is 0 Å². The van der Waals surface area contributed by atoms with Crippen LogP contribution in [-0.2, 0) is 19.9 Å². The lowest BCUT2D eigenvalue weighted by Crippen LogP contribution is -2.33. The van der Waals surface area contributed by atoms with E-state index >= 15 is 0 Å². The topological polar surface area (TPSA) is 92.3 Å². The molecule has 0 bridgehead atoms. The molecule has 0 saturated carbocycles. The van der Waals surface area contributed by atoms with Crippen molar-refractivity contribution in [2.24, 2.45) is 0 Å². The van der Waals surface area contributed by atoms with Crippen LogP contribution in [0.4, 0.5) is 0 Å². The van der Waals surface area contributed by atoms with E-state index in [9.17, 15) is 16.8 Å². The number of hydrogen-bond donors (Lipinski definition) is 2. The van der Waals surface area contributed by atoms with Gasteiger partial charge in [0.1, 0.15) is 9.84 Å². The largest absolute Gasteiger partial charge is 0.314 e. The fourth-order valence-electron chi connectivity index (χ4n) is 1.73. The minimum absolute atomic E-state index is 0.329. The van der Waals surface area contributed by atoms with Crippen molar-refractivity contribution in [3.05, 3.63) is 0 Å². The Morgan fingerprint density at radius 3 is 2.47 bits per heavy atom. The van der Waals surface area contributed by atoms with Crippen LogP contribution in [0.1, 0.15) is 19.3 Å². The Kier molecular flexibility index (Phi) is 5.36. The zero-order valence-corrected chi connectivity index (χ0v) is 11.6. The number of hydrogen-bond acceptors (Lipinski definition) is 5. The third-order valence-corrected chi connectivity index (χ3v) is 5.29. The highest BCUT2D eigenvalue weighted by molar-refractivity contribution is 7.93. The summed E-state index contributed by atoms with van der Waals surface area (Å²) in [5.74, 6) is -0.687. The lowest BCUT2D eigenvalue weighted by Gasteiger charge is -2.10. The fraction of sp³-hybridized carbons (Fsp3) is 1.00. The monoisotopic (exact) mass is 284 g/mol. The van der Waals surface area contributed by atoms with Crippen LogP contribution in [-0.4, -0.2) is 53.7 Å². The molecule has 8 heteroatoms. The lowest BCUT2D eigenvalue weighted by atomic mass is 10.2. The van der Waals surface area contributed by atoms with Crippen molar-refractivity contribution in [3.63, 3.8) is 0 Å². The average molecular weight is 284 g/mol. The summed E-state index contributed by atoms with van der Waals surface area (Å²) in [5.41, 5.74) is 0. The van der Waals surface area contributed by atoms with E-state index in [-0.39, 0.29) is 11.5 Å². The Morgan fingerprint density at radius 1 is 1.24 bits per heavy atom. The van der Waals surface area contributed by atoms with Gasteiger partial charge >= 0.3 is 0 Å². The Hall–Kier alpha value is -0.180. The van der Waals surface area contributed by atoms with Crippen LogP contribution >= 0.6 is 0 Å². The molecule has 0 amide bonds. The standard InChI is InChI=1S/C9H20N2O4S2/c1-16(12,13)7-8-17(14,15)11-6-4-9-3-2-5-10-9/h9-11H,2-8H2,1H3/t9-/m0/s1. The van der Waals surface area contributed by atoms with Gasteiger partial charge in [0, 0.05) is 18.8 Å². The van der Waals surface area contributed by atoms with E-state index in [4.69, 9.17) is 0 Å². The Morgan fingerprint density at radius 2 is 1.94 bits per heavy atom. The Balaban J connectivity index is 2.24. The van der Waals surface area contributed by atoms with E-state index in [0.29, 0.717) is 12.6 Å². The van der Waals surface area contributed by atoms with Crippen LogP contribution in [0.3, 0.4) is 0 Å². The molecular formula is C9H20N2O4S2. The molecule has 0 unspecified atom stereocenters. The molecule has 0 aromatic rings. The zero-order valence-electron chi connectivity index (χ0n) is 9.98. The van der Waals surface area contributed by atoms with Crippen LogP contribution in [0.5, 0.6) is 0 Å². The number of sulfonamides is 1. The lowest BCUT2D eigenvalue weighted by molar-refractivity contribution is 0.539. The Bertz CT molecular complexity index is 424. The predicted octanol–water partition coefficient (Wildman–Crippen LogP) is -0.907. The minimum Gasteiger partial charge on any atom is -0.314 e. The minimum atomic E-state index is -3.46. The van der Waals surface area contributed by atoms with Crippen LogP contribution in [0, 0.1) is 0 Å². The molecule has 1 fully saturated rings. The molecule has 0 aliphatic carbocycles. The molecule has 17 heavy (non-hydrogen) atoms. The molecule has 1 atom stereocenters. The van der Waals surface area contributed by atoms with Crippen molar-refractivity contribution in [2.45, 2.75) is 25.3 Å². The smallest absolute Gasteiger partial charge is 0.212 e. The molecule has 0 aromatic carbocycles. The molecular weight excluding hydrogens is 264 g/mol. The van der Waals surface area contributed by atoms with Crippen molar-refractivity contribution in [1.82, 2.24) is 10.0 Å². The van der Waals surface area contributed by atoms with Crippen molar-refractivity contribution in [1.29, 1.82) is 0 Å². The molecule has 1 aliphatic rings. The number of sulfone groups is 1. The highest BCUT2D eigenvalue weighted by atomic mass is 32.2. The summed E-state index contributed by atoms with van der Waals surface area (Å²) in [6, 6.07) is 0.382. The van der Waals surface area contributed by atoms with Gasteiger partial charge in [0.15, 0.2) is 0 Å². The molecule has 102 valence electrons. The van der Waals surface area contributed by atoms with Crippen molar-refractivity contribution >= 4 is 19.9 Å². The van der Waals surface area contributed by atoms with E-state index in [1.807, 2.05) is 0 Å². The molecule has 0 aromatic heterocycles. The van der Waals surface area contributed by atoms with Gasteiger partial charge in [-0.15, -0.1) is 0 Å². The highest BCUT2D eigenvalue weighted by Crippen LogP contribution is 2.07. The molecule has 0 radical (unpaired) electrons. The summed E-state index contributed by atoms with van der Waals surface area (Å²) in [7, 11) is -6.69. The van der Waals surface area contributed by atoms with Crippen molar-refractivity contribution in [3.8, 4) is 0 Å². The van der Waals surface area contributed by atoms with Crippen molar-refractivity contribution < 1.29 is 16.8 Å². The first-order valence-electron chi connectivity index (χ1n) is 5.67. The number of rotatable bonds is 7. The van der Waals surface area contributed by atoms with Gasteiger partial charge in [-0.25, -0.2) is 21.6 Å². The maximum absolute atomic E-state index is 11.5. The third-order valence-electron chi connectivity index (χ3n) is 2.70. The van der Waals surface area contributed by atoms with Crippen LogP contribution < -0.4 is 10.0 Å². The second-order valence-corrected chi connectivity index (χ2v) is 8.61. The van der Waals surface area contributed by atoms with Gasteiger partial charge in [0.25, 0.3) is 0 Å². The van der Waals surface area contributed by atoms with E-state index in [1.165, 1.54) is 0 Å². The van der Waals surface area contributed by atoms with Gasteiger partial charge < -0.3 is 5.32 Å². The molecule has 1 heterocycles. The number of nitrogens with one attached hydrogen (secondary N) is 2. The molecule has 6 nitrogen and oxygen atoms in total. The van der Waals surface area contributed by atoms with Gasteiger partial charge in [-0.2, -0.15) is 0 Å². The Labute approximate surface area is 103 Å². The first-order valence-corrected chi connectivity index (χ1v) is 9.38. The van der Waals surface area contributed by atoms with E-state index in [0.717, 1.165) is 32.1 Å². The summed E-state index contributed by atoms with van der Waals surface area (Å²) in [5, 5.41) is 3.27. The van der Waals surface area contributed by atoms with Gasteiger partial charge in [-0.05, 0) is 25.8 Å². The molecule has 1 saturated heterocycles. The maximum Gasteiger partial charge on any atom is 0.212 e. The average Bonchev–Trinajstić information content (AvgIpc) is 2.67. The molecule has 1 aliphatic heterocycles. The third kappa shape index (κ3) is 6.97. The quantitative estimate of drug-likeness (QED) is 0.631. The second-order valence-electron chi connectivity index (χ2n) is 4.43. The predicted molar refractivity (Wildman–Crippen MR) is 67.1 cm³/mol. The fourth-order valence-corrected chi connectivity index (χ4v) is 4.39. The summed E-state index contributed by atoms with van der Waals surface area (Å²) < 4.78 is 47.1.